The molecule has 1 fully saturated rings. The molecule has 1 aromatic carbocycles. The molecule has 1 aliphatic heterocycles. The van der Waals surface area contributed by atoms with Crippen LogP contribution in [-0.2, 0) is 4.74 Å². The maximum atomic E-state index is 13.1. The van der Waals surface area contributed by atoms with Crippen LogP contribution in [0, 0.1) is 5.82 Å². The number of ether oxygens (including phenoxy) is 2. The van der Waals surface area contributed by atoms with Crippen LogP contribution >= 0.6 is 0 Å². The van der Waals surface area contributed by atoms with Crippen molar-refractivity contribution in [3.63, 3.8) is 0 Å². The van der Waals surface area contributed by atoms with Gasteiger partial charge in [0.1, 0.15) is 5.82 Å². The fourth-order valence-electron chi connectivity index (χ4n) is 2.60. The van der Waals surface area contributed by atoms with Crippen LogP contribution < -0.4 is 10.1 Å². The Labute approximate surface area is 139 Å². The van der Waals surface area contributed by atoms with Crippen molar-refractivity contribution in [3.8, 4) is 11.4 Å². The Morgan fingerprint density at radius 1 is 1.46 bits per heavy atom. The van der Waals surface area contributed by atoms with E-state index in [-0.39, 0.29) is 23.5 Å². The summed E-state index contributed by atoms with van der Waals surface area (Å²) in [6.45, 7) is 3.45. The van der Waals surface area contributed by atoms with E-state index in [1.165, 1.54) is 16.8 Å². The van der Waals surface area contributed by atoms with Crippen LogP contribution in [0.5, 0.6) is 5.75 Å². The lowest BCUT2D eigenvalue weighted by Gasteiger charge is -2.10. The SMILES string of the molecule is CCOc1cn(-c2ccc(F)cc2)nc1C(=O)NC[C@H]1CCCO1. The van der Waals surface area contributed by atoms with Crippen LogP contribution in [0.15, 0.2) is 30.5 Å². The van der Waals surface area contributed by atoms with E-state index in [0.717, 1.165) is 19.4 Å². The van der Waals surface area contributed by atoms with Crippen molar-refractivity contribution in [1.82, 2.24) is 15.1 Å². The number of carbonyl (C=O) groups is 1. The molecule has 6 nitrogen and oxygen atoms in total. The van der Waals surface area contributed by atoms with Crippen LogP contribution in [0.3, 0.4) is 0 Å². The molecule has 1 atom stereocenters. The fourth-order valence-corrected chi connectivity index (χ4v) is 2.60. The zero-order chi connectivity index (χ0) is 16.9. The molecule has 0 bridgehead atoms. The molecule has 0 radical (unpaired) electrons. The molecule has 0 spiro atoms. The molecule has 2 aromatic rings. The third-order valence-electron chi connectivity index (χ3n) is 3.80. The second kappa shape index (κ2) is 7.44. The Kier molecular flexibility index (Phi) is 5.10. The van der Waals surface area contributed by atoms with Crippen LogP contribution in [0.1, 0.15) is 30.3 Å². The molecule has 24 heavy (non-hydrogen) atoms. The van der Waals surface area contributed by atoms with Gasteiger partial charge in [0.25, 0.3) is 5.91 Å². The maximum absolute atomic E-state index is 13.1. The van der Waals surface area contributed by atoms with Gasteiger partial charge < -0.3 is 14.8 Å². The van der Waals surface area contributed by atoms with Gasteiger partial charge in [-0.05, 0) is 44.0 Å². The van der Waals surface area contributed by atoms with E-state index < -0.39 is 0 Å². The molecule has 1 aliphatic rings. The van der Waals surface area contributed by atoms with Gasteiger partial charge in [-0.3, -0.25) is 4.79 Å². The summed E-state index contributed by atoms with van der Waals surface area (Å²) in [6, 6.07) is 5.86. The lowest BCUT2D eigenvalue weighted by Crippen LogP contribution is -2.32. The number of aromatic nitrogens is 2. The Bertz CT molecular complexity index is 694. The summed E-state index contributed by atoms with van der Waals surface area (Å²) in [5.41, 5.74) is 0.856. The van der Waals surface area contributed by atoms with Crippen molar-refractivity contribution in [2.75, 3.05) is 19.8 Å². The largest absolute Gasteiger partial charge is 0.490 e. The highest BCUT2D eigenvalue weighted by Gasteiger charge is 2.21. The summed E-state index contributed by atoms with van der Waals surface area (Å²) in [5, 5.41) is 7.12. The number of halogens is 1. The summed E-state index contributed by atoms with van der Waals surface area (Å²) in [4.78, 5) is 12.4. The Hall–Kier alpha value is -2.41. The van der Waals surface area contributed by atoms with Crippen molar-refractivity contribution < 1.29 is 18.7 Å². The highest BCUT2D eigenvalue weighted by molar-refractivity contribution is 5.95. The Morgan fingerprint density at radius 3 is 2.92 bits per heavy atom. The van der Waals surface area contributed by atoms with Crippen LogP contribution in [0.25, 0.3) is 5.69 Å². The van der Waals surface area contributed by atoms with Gasteiger partial charge in [0.2, 0.25) is 0 Å². The molecule has 1 aromatic heterocycles. The second-order valence-electron chi connectivity index (χ2n) is 5.54. The molecule has 1 saturated heterocycles. The molecule has 0 unspecified atom stereocenters. The van der Waals surface area contributed by atoms with E-state index in [4.69, 9.17) is 9.47 Å². The first-order chi connectivity index (χ1) is 11.7. The second-order valence-corrected chi connectivity index (χ2v) is 5.54. The lowest BCUT2D eigenvalue weighted by atomic mass is 10.2. The third kappa shape index (κ3) is 3.73. The fraction of sp³-hybridized carbons (Fsp3) is 0.412. The third-order valence-corrected chi connectivity index (χ3v) is 3.80. The number of nitrogens with zero attached hydrogens (tertiary/aromatic N) is 2. The van der Waals surface area contributed by atoms with Gasteiger partial charge in [-0.25, -0.2) is 9.07 Å². The van der Waals surface area contributed by atoms with E-state index >= 15 is 0 Å². The van der Waals surface area contributed by atoms with Gasteiger partial charge in [-0.15, -0.1) is 0 Å². The highest BCUT2D eigenvalue weighted by atomic mass is 19.1. The van der Waals surface area contributed by atoms with E-state index in [9.17, 15) is 9.18 Å². The van der Waals surface area contributed by atoms with Crippen molar-refractivity contribution >= 4 is 5.91 Å². The average Bonchev–Trinajstić information content (AvgIpc) is 3.23. The van der Waals surface area contributed by atoms with Crippen LogP contribution in [0.4, 0.5) is 4.39 Å². The van der Waals surface area contributed by atoms with Gasteiger partial charge >= 0.3 is 0 Å². The molecular weight excluding hydrogens is 313 g/mol. The summed E-state index contributed by atoms with van der Waals surface area (Å²) < 4.78 is 25.6. The maximum Gasteiger partial charge on any atom is 0.275 e. The topological polar surface area (TPSA) is 65.4 Å². The van der Waals surface area contributed by atoms with Gasteiger partial charge in [0.15, 0.2) is 11.4 Å². The number of hydrogen-bond acceptors (Lipinski definition) is 4. The molecule has 128 valence electrons. The van der Waals surface area contributed by atoms with Gasteiger partial charge in [0.05, 0.1) is 24.6 Å². The zero-order valence-electron chi connectivity index (χ0n) is 13.5. The first-order valence-corrected chi connectivity index (χ1v) is 8.05. The standard InChI is InChI=1S/C17H20FN3O3/c1-2-23-15-11-21(13-7-5-12(18)6-8-13)20-16(15)17(22)19-10-14-4-3-9-24-14/h5-8,11,14H,2-4,9-10H2,1H3,(H,19,22)/t14-/m1/s1. The van der Waals surface area contributed by atoms with Gasteiger partial charge in [-0.1, -0.05) is 0 Å². The number of benzene rings is 1. The van der Waals surface area contributed by atoms with E-state index in [1.807, 2.05) is 6.92 Å². The molecule has 0 saturated carbocycles. The lowest BCUT2D eigenvalue weighted by molar-refractivity contribution is 0.0850. The minimum absolute atomic E-state index is 0.0590. The smallest absolute Gasteiger partial charge is 0.275 e. The molecule has 1 N–H and O–H groups in total. The van der Waals surface area contributed by atoms with Gasteiger partial charge in [0, 0.05) is 13.2 Å². The van der Waals surface area contributed by atoms with Crippen LogP contribution in [-0.4, -0.2) is 41.6 Å². The van der Waals surface area contributed by atoms with Crippen molar-refractivity contribution in [2.24, 2.45) is 0 Å². The Morgan fingerprint density at radius 2 is 2.25 bits per heavy atom. The van der Waals surface area contributed by atoms with Crippen molar-refractivity contribution in [1.29, 1.82) is 0 Å². The summed E-state index contributed by atoms with van der Waals surface area (Å²) >= 11 is 0. The molecule has 0 aliphatic carbocycles. The summed E-state index contributed by atoms with van der Waals surface area (Å²) in [7, 11) is 0. The van der Waals surface area contributed by atoms with Crippen molar-refractivity contribution in [2.45, 2.75) is 25.9 Å². The average molecular weight is 333 g/mol. The minimum atomic E-state index is -0.328. The molecular formula is C17H20FN3O3. The zero-order valence-corrected chi connectivity index (χ0v) is 13.5. The van der Waals surface area contributed by atoms with E-state index in [1.54, 1.807) is 18.3 Å². The number of nitrogens with one attached hydrogen (secondary N) is 1. The number of rotatable bonds is 6. The minimum Gasteiger partial charge on any atom is -0.490 e. The Balaban J connectivity index is 1.77. The molecule has 7 heteroatoms. The van der Waals surface area contributed by atoms with Crippen LogP contribution in [0.2, 0.25) is 0 Å². The molecule has 3 rings (SSSR count). The predicted molar refractivity (Wildman–Crippen MR) is 86.0 cm³/mol. The predicted octanol–water partition coefficient (Wildman–Crippen LogP) is 2.32. The number of hydrogen-bond donors (Lipinski definition) is 1. The molecule has 2 heterocycles. The summed E-state index contributed by atoms with van der Waals surface area (Å²) in [5.74, 6) is -0.244. The highest BCUT2D eigenvalue weighted by Crippen LogP contribution is 2.20. The normalized spacial score (nSPS) is 17.0. The monoisotopic (exact) mass is 333 g/mol. The van der Waals surface area contributed by atoms with E-state index in [2.05, 4.69) is 10.4 Å². The first-order valence-electron chi connectivity index (χ1n) is 8.05. The quantitative estimate of drug-likeness (QED) is 0.881. The first kappa shape index (κ1) is 16.4. The molecule has 1 amide bonds. The van der Waals surface area contributed by atoms with Gasteiger partial charge in [-0.2, -0.15) is 5.10 Å². The van der Waals surface area contributed by atoms with Crippen molar-refractivity contribution in [3.05, 3.63) is 42.0 Å². The number of amides is 1. The number of carbonyl (C=O) groups excluding carboxylic acids is 1. The summed E-state index contributed by atoms with van der Waals surface area (Å²) in [6.07, 6.45) is 3.65. The van der Waals surface area contributed by atoms with E-state index in [0.29, 0.717) is 24.6 Å².